The minimum Gasteiger partial charge on any atom is -0.396 e. The average molecular weight is 281 g/mol. The van der Waals surface area contributed by atoms with E-state index in [2.05, 4.69) is 29.1 Å². The van der Waals surface area contributed by atoms with Crippen molar-refractivity contribution in [3.63, 3.8) is 0 Å². The summed E-state index contributed by atoms with van der Waals surface area (Å²) in [6, 6.07) is 0. The maximum atomic E-state index is 12.2. The van der Waals surface area contributed by atoms with Crippen molar-refractivity contribution in [1.29, 1.82) is 0 Å². The van der Waals surface area contributed by atoms with Crippen LogP contribution in [0.5, 0.6) is 0 Å². The maximum Gasteiger partial charge on any atom is 0.246 e. The van der Waals surface area contributed by atoms with Crippen LogP contribution < -0.4 is 0 Å². The molecule has 1 aliphatic heterocycles. The summed E-state index contributed by atoms with van der Waals surface area (Å²) >= 11 is 0. The Bertz CT molecular complexity index is 422. The van der Waals surface area contributed by atoms with E-state index in [9.17, 15) is 9.90 Å². The normalized spacial score (nSPS) is 22.7. The Morgan fingerprint density at radius 2 is 2.00 bits per heavy atom. The van der Waals surface area contributed by atoms with Gasteiger partial charge in [-0.15, -0.1) is 0 Å². The van der Waals surface area contributed by atoms with Crippen LogP contribution in [0.2, 0.25) is 0 Å². The molecule has 0 radical (unpaired) electrons. The van der Waals surface area contributed by atoms with Gasteiger partial charge in [0.05, 0.1) is 12.4 Å². The first-order chi connectivity index (χ1) is 9.63. The fourth-order valence-electron chi connectivity index (χ4n) is 2.63. The van der Waals surface area contributed by atoms with Crippen molar-refractivity contribution in [3.8, 4) is 0 Å². The molecule has 1 aromatic rings. The third kappa shape index (κ3) is 3.55. The molecule has 20 heavy (non-hydrogen) atoms. The number of carbonyl (C=O) groups excluding carboxylic acids is 1. The fraction of sp³-hybridized carbons (Fsp3) is 0.769. The molecule has 7 heteroatoms. The highest BCUT2D eigenvalue weighted by Crippen LogP contribution is 2.24. The van der Waals surface area contributed by atoms with Crippen LogP contribution in [0.15, 0.2) is 12.4 Å². The first kappa shape index (κ1) is 14.9. The lowest BCUT2D eigenvalue weighted by atomic mass is 9.96. The number of amides is 1. The lowest BCUT2D eigenvalue weighted by Crippen LogP contribution is -2.34. The van der Waals surface area contributed by atoms with Gasteiger partial charge in [-0.05, 0) is 19.5 Å². The summed E-state index contributed by atoms with van der Waals surface area (Å²) in [4.78, 5) is 17.6. The van der Waals surface area contributed by atoms with Gasteiger partial charge in [-0.25, -0.2) is 0 Å². The zero-order valence-electron chi connectivity index (χ0n) is 12.1. The highest BCUT2D eigenvalue weighted by Gasteiger charge is 2.35. The molecule has 2 atom stereocenters. The standard InChI is InChI=1S/C13H23N5O2/c1-3-16(2)6-11-7-17(8-12(11)10-19)13(20)9-18-14-4-5-15-18/h4-5,11-12,19H,3,6-10H2,1-2H3/t11-,12-/m1/s1. The van der Waals surface area contributed by atoms with E-state index >= 15 is 0 Å². The monoisotopic (exact) mass is 281 g/mol. The third-order valence-corrected chi connectivity index (χ3v) is 3.99. The van der Waals surface area contributed by atoms with E-state index in [-0.39, 0.29) is 25.0 Å². The Balaban J connectivity index is 1.92. The summed E-state index contributed by atoms with van der Waals surface area (Å²) in [6.07, 6.45) is 3.12. The molecule has 0 unspecified atom stereocenters. The van der Waals surface area contributed by atoms with Crippen LogP contribution in [0.25, 0.3) is 0 Å². The number of likely N-dealkylation sites (tertiary alicyclic amines) is 1. The molecular weight excluding hydrogens is 258 g/mol. The zero-order valence-corrected chi connectivity index (χ0v) is 12.1. The summed E-state index contributed by atoms with van der Waals surface area (Å²) in [6.45, 7) is 5.61. The average Bonchev–Trinajstić information content (AvgIpc) is 3.07. The zero-order chi connectivity index (χ0) is 14.5. The van der Waals surface area contributed by atoms with Gasteiger partial charge >= 0.3 is 0 Å². The van der Waals surface area contributed by atoms with E-state index in [0.29, 0.717) is 19.0 Å². The van der Waals surface area contributed by atoms with Gasteiger partial charge in [-0.2, -0.15) is 15.0 Å². The van der Waals surface area contributed by atoms with Crippen molar-refractivity contribution >= 4 is 5.91 Å². The molecule has 1 N–H and O–H groups in total. The van der Waals surface area contributed by atoms with Crippen molar-refractivity contribution < 1.29 is 9.90 Å². The SMILES string of the molecule is CCN(C)C[C@@H]1CN(C(=O)Cn2nccn2)C[C@@H]1CO. The second-order valence-electron chi connectivity index (χ2n) is 5.42. The van der Waals surface area contributed by atoms with Gasteiger partial charge in [0.1, 0.15) is 6.54 Å². The smallest absolute Gasteiger partial charge is 0.246 e. The van der Waals surface area contributed by atoms with Crippen LogP contribution in [0.4, 0.5) is 0 Å². The van der Waals surface area contributed by atoms with Crippen LogP contribution in [-0.4, -0.2) is 75.6 Å². The highest BCUT2D eigenvalue weighted by molar-refractivity contribution is 5.76. The molecule has 2 heterocycles. The number of carbonyl (C=O) groups is 1. The topological polar surface area (TPSA) is 74.5 Å². The summed E-state index contributed by atoms with van der Waals surface area (Å²) in [5, 5.41) is 17.4. The van der Waals surface area contributed by atoms with Gasteiger partial charge < -0.3 is 14.9 Å². The first-order valence-electron chi connectivity index (χ1n) is 7.05. The van der Waals surface area contributed by atoms with Gasteiger partial charge in [0.15, 0.2) is 0 Å². The minimum atomic E-state index is 0.0151. The fourth-order valence-corrected chi connectivity index (χ4v) is 2.63. The Hall–Kier alpha value is -1.47. The van der Waals surface area contributed by atoms with Crippen molar-refractivity contribution in [2.75, 3.05) is 39.8 Å². The summed E-state index contributed by atoms with van der Waals surface area (Å²) in [5.74, 6) is 0.513. The molecule has 1 fully saturated rings. The van der Waals surface area contributed by atoms with E-state index in [1.807, 2.05) is 4.90 Å². The molecule has 1 aromatic heterocycles. The Morgan fingerprint density at radius 1 is 1.35 bits per heavy atom. The predicted octanol–water partition coefficient (Wildman–Crippen LogP) is -0.703. The number of hydrogen-bond acceptors (Lipinski definition) is 5. The van der Waals surface area contributed by atoms with E-state index < -0.39 is 0 Å². The number of aliphatic hydroxyl groups excluding tert-OH is 1. The molecule has 7 nitrogen and oxygen atoms in total. The lowest BCUT2D eigenvalue weighted by molar-refractivity contribution is -0.131. The molecule has 0 spiro atoms. The second-order valence-corrected chi connectivity index (χ2v) is 5.42. The van der Waals surface area contributed by atoms with Crippen LogP contribution in [0.3, 0.4) is 0 Å². The summed E-state index contributed by atoms with van der Waals surface area (Å²) < 4.78 is 0. The maximum absolute atomic E-state index is 12.2. The van der Waals surface area contributed by atoms with Gasteiger partial charge in [0.25, 0.3) is 0 Å². The number of aromatic nitrogens is 3. The van der Waals surface area contributed by atoms with E-state index in [1.54, 1.807) is 12.4 Å². The number of hydrogen-bond donors (Lipinski definition) is 1. The lowest BCUT2D eigenvalue weighted by Gasteiger charge is -2.22. The summed E-state index contributed by atoms with van der Waals surface area (Å²) in [5.41, 5.74) is 0. The van der Waals surface area contributed by atoms with Crippen LogP contribution in [0.1, 0.15) is 6.92 Å². The van der Waals surface area contributed by atoms with Crippen molar-refractivity contribution in [1.82, 2.24) is 24.8 Å². The molecular formula is C13H23N5O2. The molecule has 2 rings (SSSR count). The van der Waals surface area contributed by atoms with Crippen LogP contribution in [0, 0.1) is 11.8 Å². The molecule has 1 aliphatic rings. The quantitative estimate of drug-likeness (QED) is 0.746. The van der Waals surface area contributed by atoms with E-state index in [0.717, 1.165) is 13.1 Å². The molecule has 0 aromatic carbocycles. The van der Waals surface area contributed by atoms with Crippen LogP contribution in [-0.2, 0) is 11.3 Å². The predicted molar refractivity (Wildman–Crippen MR) is 73.8 cm³/mol. The Labute approximate surface area is 119 Å². The van der Waals surface area contributed by atoms with Crippen molar-refractivity contribution in [2.45, 2.75) is 13.5 Å². The molecule has 1 amide bonds. The minimum absolute atomic E-state index is 0.0151. The second kappa shape index (κ2) is 6.81. The molecule has 112 valence electrons. The van der Waals surface area contributed by atoms with Crippen LogP contribution >= 0.6 is 0 Å². The van der Waals surface area contributed by atoms with Gasteiger partial charge in [0, 0.05) is 32.2 Å². The largest absolute Gasteiger partial charge is 0.396 e. The van der Waals surface area contributed by atoms with Gasteiger partial charge in [0.2, 0.25) is 5.91 Å². The Morgan fingerprint density at radius 3 is 2.60 bits per heavy atom. The van der Waals surface area contributed by atoms with Crippen molar-refractivity contribution in [3.05, 3.63) is 12.4 Å². The molecule has 1 saturated heterocycles. The van der Waals surface area contributed by atoms with Gasteiger partial charge in [-0.1, -0.05) is 6.92 Å². The summed E-state index contributed by atoms with van der Waals surface area (Å²) in [7, 11) is 2.06. The number of aliphatic hydroxyl groups is 1. The van der Waals surface area contributed by atoms with E-state index in [1.165, 1.54) is 4.80 Å². The number of rotatable bonds is 6. The Kier molecular flexibility index (Phi) is 5.08. The molecule has 0 saturated carbocycles. The van der Waals surface area contributed by atoms with Crippen molar-refractivity contribution in [2.24, 2.45) is 11.8 Å². The molecule has 0 bridgehead atoms. The highest BCUT2D eigenvalue weighted by atomic mass is 16.3. The van der Waals surface area contributed by atoms with Gasteiger partial charge in [-0.3, -0.25) is 4.79 Å². The number of nitrogens with zero attached hydrogens (tertiary/aromatic N) is 5. The third-order valence-electron chi connectivity index (χ3n) is 3.99. The first-order valence-corrected chi connectivity index (χ1v) is 7.05. The van der Waals surface area contributed by atoms with E-state index in [4.69, 9.17) is 0 Å². The molecule has 0 aliphatic carbocycles.